The van der Waals surface area contributed by atoms with Crippen molar-refractivity contribution in [3.63, 3.8) is 0 Å². The molecule has 0 bridgehead atoms. The fourth-order valence-electron chi connectivity index (χ4n) is 2.34. The summed E-state index contributed by atoms with van der Waals surface area (Å²) in [6.45, 7) is 0.767. The second-order valence-corrected chi connectivity index (χ2v) is 5.80. The van der Waals surface area contributed by atoms with E-state index in [4.69, 9.17) is 4.74 Å². The highest BCUT2D eigenvalue weighted by Crippen LogP contribution is 2.13. The molecular formula is C19H18N2O6. The fraction of sp³-hybridized carbons (Fsp3) is 0.211. The molecule has 27 heavy (non-hydrogen) atoms. The molecule has 1 N–H and O–H groups in total. The number of ether oxygens (including phenoxy) is 1. The minimum atomic E-state index is -0.865. The number of rotatable bonds is 8. The average Bonchev–Trinajstić information content (AvgIpc) is 2.66. The van der Waals surface area contributed by atoms with Crippen molar-refractivity contribution in [1.82, 2.24) is 5.32 Å². The first-order valence-electron chi connectivity index (χ1n) is 8.12. The monoisotopic (exact) mass is 370 g/mol. The predicted molar refractivity (Wildman–Crippen MR) is 96.1 cm³/mol. The second-order valence-electron chi connectivity index (χ2n) is 5.80. The predicted octanol–water partition coefficient (Wildman–Crippen LogP) is 2.07. The molecule has 0 aliphatic carbocycles. The summed E-state index contributed by atoms with van der Waals surface area (Å²) in [5.41, 5.74) is 0.587. The molecule has 0 aliphatic rings. The highest BCUT2D eigenvalue weighted by molar-refractivity contribution is 5.93. The van der Waals surface area contributed by atoms with Gasteiger partial charge in [0.25, 0.3) is 11.6 Å². The van der Waals surface area contributed by atoms with Crippen LogP contribution in [0.2, 0.25) is 0 Å². The number of ketones is 1. The van der Waals surface area contributed by atoms with E-state index in [1.165, 1.54) is 25.1 Å². The minimum absolute atomic E-state index is 0.0376. The van der Waals surface area contributed by atoms with Gasteiger partial charge in [-0.05, 0) is 25.0 Å². The molecule has 1 amide bonds. The van der Waals surface area contributed by atoms with E-state index in [2.05, 4.69) is 5.32 Å². The molecule has 0 unspecified atom stereocenters. The first kappa shape index (κ1) is 19.8. The number of hydrogen-bond donors (Lipinski definition) is 1. The molecule has 2 aromatic rings. The van der Waals surface area contributed by atoms with Gasteiger partial charge < -0.3 is 10.1 Å². The van der Waals surface area contributed by atoms with E-state index in [9.17, 15) is 24.5 Å². The molecule has 2 aromatic carbocycles. The number of nitro groups is 1. The van der Waals surface area contributed by atoms with E-state index in [-0.39, 0.29) is 17.0 Å². The van der Waals surface area contributed by atoms with Gasteiger partial charge in [-0.2, -0.15) is 0 Å². The molecule has 8 nitrogen and oxygen atoms in total. The first-order chi connectivity index (χ1) is 12.9. The number of non-ortho nitro benzene ring substituents is 1. The molecular weight excluding hydrogens is 352 g/mol. The number of amides is 1. The molecule has 0 heterocycles. The van der Waals surface area contributed by atoms with Crippen LogP contribution in [-0.4, -0.2) is 35.2 Å². The van der Waals surface area contributed by atoms with E-state index >= 15 is 0 Å². The third kappa shape index (κ3) is 6.03. The van der Waals surface area contributed by atoms with E-state index in [0.717, 1.165) is 11.6 Å². The van der Waals surface area contributed by atoms with Crippen LogP contribution in [0.3, 0.4) is 0 Å². The summed E-state index contributed by atoms with van der Waals surface area (Å²) < 4.78 is 4.87. The molecule has 0 saturated carbocycles. The molecule has 0 spiro atoms. The van der Waals surface area contributed by atoms with E-state index in [1.807, 2.05) is 30.3 Å². The van der Waals surface area contributed by atoms with Crippen LogP contribution in [0.25, 0.3) is 0 Å². The number of hydrogen-bond acceptors (Lipinski definition) is 6. The van der Waals surface area contributed by atoms with Crippen molar-refractivity contribution in [1.29, 1.82) is 0 Å². The van der Waals surface area contributed by atoms with Crippen molar-refractivity contribution in [2.24, 2.45) is 0 Å². The molecule has 140 valence electrons. The number of carbonyl (C=O) groups is 3. The molecule has 0 radical (unpaired) electrons. The Morgan fingerprint density at radius 3 is 2.44 bits per heavy atom. The van der Waals surface area contributed by atoms with E-state index < -0.39 is 29.4 Å². The summed E-state index contributed by atoms with van der Waals surface area (Å²) >= 11 is 0. The van der Waals surface area contributed by atoms with Crippen LogP contribution in [0, 0.1) is 10.1 Å². The van der Waals surface area contributed by atoms with Gasteiger partial charge in [0.15, 0.2) is 12.4 Å². The number of nitrogens with zero attached hydrogens (tertiary/aromatic N) is 1. The maximum absolute atomic E-state index is 12.0. The van der Waals surface area contributed by atoms with Gasteiger partial charge in [-0.25, -0.2) is 4.79 Å². The van der Waals surface area contributed by atoms with Crippen LogP contribution in [0.1, 0.15) is 22.8 Å². The number of esters is 1. The molecule has 2 rings (SSSR count). The highest BCUT2D eigenvalue weighted by atomic mass is 16.6. The lowest BCUT2D eigenvalue weighted by atomic mass is 10.0. The van der Waals surface area contributed by atoms with Crippen molar-refractivity contribution in [2.45, 2.75) is 19.4 Å². The lowest BCUT2D eigenvalue weighted by Gasteiger charge is -2.16. The Balaban J connectivity index is 1.92. The number of Topliss-reactive ketones (excluding diaryl/α,β-unsaturated/α-hetero) is 1. The van der Waals surface area contributed by atoms with Crippen molar-refractivity contribution in [3.05, 3.63) is 75.8 Å². The second kappa shape index (κ2) is 9.23. The van der Waals surface area contributed by atoms with E-state index in [1.54, 1.807) is 0 Å². The van der Waals surface area contributed by atoms with Crippen molar-refractivity contribution < 1.29 is 24.0 Å². The van der Waals surface area contributed by atoms with Gasteiger partial charge in [0.2, 0.25) is 0 Å². The Labute approximate surface area is 155 Å². The first-order valence-corrected chi connectivity index (χ1v) is 8.12. The number of nitro benzene ring substituents is 1. The number of carbonyl (C=O) groups excluding carboxylic acids is 3. The minimum Gasteiger partial charge on any atom is -0.452 e. The summed E-state index contributed by atoms with van der Waals surface area (Å²) in [5, 5.41) is 13.3. The molecule has 1 atom stereocenters. The van der Waals surface area contributed by atoms with Crippen LogP contribution < -0.4 is 5.32 Å². The zero-order valence-electron chi connectivity index (χ0n) is 14.6. The third-order valence-electron chi connectivity index (χ3n) is 3.74. The lowest BCUT2D eigenvalue weighted by molar-refractivity contribution is -0.384. The Morgan fingerprint density at radius 2 is 1.81 bits per heavy atom. The zero-order chi connectivity index (χ0) is 19.8. The lowest BCUT2D eigenvalue weighted by Crippen LogP contribution is -2.43. The SMILES string of the molecule is CC(=O)[C@H](Cc1ccccc1)NC(=O)COC(=O)c1cccc([N+](=O)[O-])c1. The summed E-state index contributed by atoms with van der Waals surface area (Å²) in [6, 6.07) is 13.4. The Bertz CT molecular complexity index is 850. The van der Waals surface area contributed by atoms with E-state index in [0.29, 0.717) is 6.42 Å². The summed E-state index contributed by atoms with van der Waals surface area (Å²) in [5.74, 6) is -1.72. The largest absolute Gasteiger partial charge is 0.452 e. The number of benzene rings is 2. The number of nitrogens with one attached hydrogen (secondary N) is 1. The molecule has 8 heteroatoms. The van der Waals surface area contributed by atoms with Gasteiger partial charge in [0.05, 0.1) is 16.5 Å². The van der Waals surface area contributed by atoms with Gasteiger partial charge in [0, 0.05) is 12.1 Å². The molecule has 0 aliphatic heterocycles. The Hall–Kier alpha value is -3.55. The smallest absolute Gasteiger partial charge is 0.338 e. The Morgan fingerprint density at radius 1 is 1.11 bits per heavy atom. The molecule has 0 fully saturated rings. The van der Waals surface area contributed by atoms with Crippen LogP contribution in [-0.2, 0) is 20.7 Å². The average molecular weight is 370 g/mol. The van der Waals surface area contributed by atoms with Crippen LogP contribution >= 0.6 is 0 Å². The highest BCUT2D eigenvalue weighted by Gasteiger charge is 2.19. The molecule has 0 saturated heterocycles. The van der Waals surface area contributed by atoms with Crippen LogP contribution in [0.5, 0.6) is 0 Å². The Kier molecular flexibility index (Phi) is 6.76. The summed E-state index contributed by atoms with van der Waals surface area (Å²) in [6.07, 6.45) is 0.320. The maximum Gasteiger partial charge on any atom is 0.338 e. The maximum atomic E-state index is 12.0. The molecule has 0 aromatic heterocycles. The third-order valence-corrected chi connectivity index (χ3v) is 3.74. The van der Waals surface area contributed by atoms with Gasteiger partial charge in [-0.3, -0.25) is 19.7 Å². The van der Waals surface area contributed by atoms with Crippen LogP contribution in [0.4, 0.5) is 5.69 Å². The normalized spacial score (nSPS) is 11.3. The van der Waals surface area contributed by atoms with Gasteiger partial charge in [0.1, 0.15) is 0 Å². The fourth-order valence-corrected chi connectivity index (χ4v) is 2.34. The van der Waals surface area contributed by atoms with Crippen molar-refractivity contribution in [3.8, 4) is 0 Å². The standard InChI is InChI=1S/C19H18N2O6/c1-13(22)17(10-14-6-3-2-4-7-14)20-18(23)12-27-19(24)15-8-5-9-16(11-15)21(25)26/h2-9,11,17H,10,12H2,1H3,(H,20,23)/t17-/m0/s1. The quantitative estimate of drug-likeness (QED) is 0.432. The topological polar surface area (TPSA) is 116 Å². The van der Waals surface area contributed by atoms with Gasteiger partial charge in [-0.15, -0.1) is 0 Å². The van der Waals surface area contributed by atoms with Crippen LogP contribution in [0.15, 0.2) is 54.6 Å². The van der Waals surface area contributed by atoms with Gasteiger partial charge >= 0.3 is 5.97 Å². The van der Waals surface area contributed by atoms with Gasteiger partial charge in [-0.1, -0.05) is 36.4 Å². The van der Waals surface area contributed by atoms with Crippen molar-refractivity contribution in [2.75, 3.05) is 6.61 Å². The van der Waals surface area contributed by atoms with Crippen molar-refractivity contribution >= 4 is 23.3 Å². The zero-order valence-corrected chi connectivity index (χ0v) is 14.6. The summed E-state index contributed by atoms with van der Waals surface area (Å²) in [7, 11) is 0. The summed E-state index contributed by atoms with van der Waals surface area (Å²) in [4.78, 5) is 45.8.